The number of piperidine rings is 1. The zero-order valence-electron chi connectivity index (χ0n) is 13.4. The predicted molar refractivity (Wildman–Crippen MR) is 83.4 cm³/mol. The summed E-state index contributed by atoms with van der Waals surface area (Å²) in [7, 11) is -1.55. The van der Waals surface area contributed by atoms with Gasteiger partial charge in [0.05, 0.1) is 5.60 Å². The first kappa shape index (κ1) is 17.1. The third kappa shape index (κ3) is 4.63. The summed E-state index contributed by atoms with van der Waals surface area (Å²) in [5.41, 5.74) is -0.252. The fourth-order valence-corrected chi connectivity index (χ4v) is 5.04. The third-order valence-electron chi connectivity index (χ3n) is 4.33. The van der Waals surface area contributed by atoms with Crippen molar-refractivity contribution in [2.24, 2.45) is 0 Å². The van der Waals surface area contributed by atoms with E-state index in [2.05, 4.69) is 10.0 Å². The maximum Gasteiger partial charge on any atom is 0.279 e. The Morgan fingerprint density at radius 1 is 1.29 bits per heavy atom. The Hall–Kier alpha value is -0.210. The molecule has 21 heavy (non-hydrogen) atoms. The number of hydrogen-bond donors (Lipinski definition) is 2. The van der Waals surface area contributed by atoms with E-state index >= 15 is 0 Å². The summed E-state index contributed by atoms with van der Waals surface area (Å²) >= 11 is 0. The average molecular weight is 319 g/mol. The molecule has 6 nitrogen and oxygen atoms in total. The zero-order valence-corrected chi connectivity index (χ0v) is 14.2. The van der Waals surface area contributed by atoms with E-state index in [0.717, 1.165) is 32.1 Å². The molecule has 0 amide bonds. The second kappa shape index (κ2) is 6.91. The van der Waals surface area contributed by atoms with Crippen LogP contribution < -0.4 is 10.0 Å². The fraction of sp³-hybridized carbons (Fsp3) is 1.00. The Morgan fingerprint density at radius 2 is 2.05 bits per heavy atom. The fourth-order valence-electron chi connectivity index (χ4n) is 3.34. The second-order valence-corrected chi connectivity index (χ2v) is 8.39. The maximum atomic E-state index is 12.7. The maximum absolute atomic E-state index is 12.7. The van der Waals surface area contributed by atoms with Crippen molar-refractivity contribution in [1.29, 1.82) is 0 Å². The van der Waals surface area contributed by atoms with E-state index in [1.54, 1.807) is 4.31 Å². The molecule has 0 aromatic carbocycles. The van der Waals surface area contributed by atoms with Gasteiger partial charge >= 0.3 is 0 Å². The van der Waals surface area contributed by atoms with Gasteiger partial charge in [-0.1, -0.05) is 6.42 Å². The van der Waals surface area contributed by atoms with Crippen molar-refractivity contribution >= 4 is 10.2 Å². The lowest BCUT2D eigenvalue weighted by Crippen LogP contribution is -2.55. The van der Waals surface area contributed by atoms with Crippen LogP contribution in [0.15, 0.2) is 0 Å². The first-order valence-electron chi connectivity index (χ1n) is 7.92. The molecule has 2 saturated heterocycles. The minimum Gasteiger partial charge on any atom is -0.375 e. The molecule has 2 heterocycles. The van der Waals surface area contributed by atoms with Crippen molar-refractivity contribution < 1.29 is 13.2 Å². The first-order valence-corrected chi connectivity index (χ1v) is 9.36. The SMILES string of the molecule is CNCC1CCCCN1S(=O)(=O)NC1CCOC(C)(C)C1. The normalized spacial score (nSPS) is 31.2. The van der Waals surface area contributed by atoms with Crippen LogP contribution in [0.5, 0.6) is 0 Å². The summed E-state index contributed by atoms with van der Waals surface area (Å²) in [6, 6.07) is 0.0324. The molecule has 2 aliphatic rings. The number of nitrogens with zero attached hydrogens (tertiary/aromatic N) is 1. The number of nitrogens with one attached hydrogen (secondary N) is 2. The van der Waals surface area contributed by atoms with E-state index in [-0.39, 0.29) is 17.7 Å². The Kier molecular flexibility index (Phi) is 5.65. The summed E-state index contributed by atoms with van der Waals surface area (Å²) in [5, 5.41) is 3.10. The molecule has 124 valence electrons. The third-order valence-corrected chi connectivity index (χ3v) is 6.06. The Bertz CT molecular complexity index is 437. The molecule has 2 aliphatic heterocycles. The molecular weight excluding hydrogens is 290 g/mol. The van der Waals surface area contributed by atoms with Crippen molar-refractivity contribution in [3.63, 3.8) is 0 Å². The summed E-state index contributed by atoms with van der Waals surface area (Å²) in [4.78, 5) is 0. The lowest BCUT2D eigenvalue weighted by atomic mass is 9.95. The van der Waals surface area contributed by atoms with Crippen LogP contribution in [-0.2, 0) is 14.9 Å². The van der Waals surface area contributed by atoms with Crippen LogP contribution in [-0.4, -0.2) is 57.2 Å². The Labute approximate surface area is 128 Å². The number of rotatable bonds is 5. The number of likely N-dealkylation sites (N-methyl/N-ethyl adjacent to an activating group) is 1. The van der Waals surface area contributed by atoms with Gasteiger partial charge in [0.2, 0.25) is 0 Å². The van der Waals surface area contributed by atoms with E-state index in [1.807, 2.05) is 20.9 Å². The Morgan fingerprint density at radius 3 is 2.71 bits per heavy atom. The summed E-state index contributed by atoms with van der Waals surface area (Å²) in [6.45, 7) is 5.96. The highest BCUT2D eigenvalue weighted by Gasteiger charge is 2.36. The van der Waals surface area contributed by atoms with Crippen LogP contribution in [0.25, 0.3) is 0 Å². The van der Waals surface area contributed by atoms with Gasteiger partial charge in [-0.05, 0) is 46.6 Å². The van der Waals surface area contributed by atoms with Crippen molar-refractivity contribution in [3.05, 3.63) is 0 Å². The summed E-state index contributed by atoms with van der Waals surface area (Å²) in [6.07, 6.45) is 4.44. The van der Waals surface area contributed by atoms with E-state index in [0.29, 0.717) is 19.7 Å². The molecule has 0 aliphatic carbocycles. The van der Waals surface area contributed by atoms with Gasteiger partial charge in [0.15, 0.2) is 0 Å². The van der Waals surface area contributed by atoms with Crippen LogP contribution in [0.1, 0.15) is 46.0 Å². The molecule has 0 bridgehead atoms. The van der Waals surface area contributed by atoms with Gasteiger partial charge in [-0.15, -0.1) is 0 Å². The average Bonchev–Trinajstić information content (AvgIpc) is 2.38. The van der Waals surface area contributed by atoms with Crippen LogP contribution in [0.4, 0.5) is 0 Å². The number of ether oxygens (including phenoxy) is 1. The van der Waals surface area contributed by atoms with Crippen LogP contribution in [0, 0.1) is 0 Å². The summed E-state index contributed by atoms with van der Waals surface area (Å²) < 4.78 is 35.6. The molecule has 0 saturated carbocycles. The molecule has 2 N–H and O–H groups in total. The van der Waals surface area contributed by atoms with Crippen LogP contribution in [0.3, 0.4) is 0 Å². The lowest BCUT2D eigenvalue weighted by Gasteiger charge is -2.39. The topological polar surface area (TPSA) is 70.7 Å². The molecule has 0 radical (unpaired) electrons. The first-order chi connectivity index (χ1) is 9.84. The van der Waals surface area contributed by atoms with E-state index in [1.165, 1.54) is 0 Å². The van der Waals surface area contributed by atoms with Crippen LogP contribution >= 0.6 is 0 Å². The lowest BCUT2D eigenvalue weighted by molar-refractivity contribution is -0.0601. The van der Waals surface area contributed by atoms with Crippen LogP contribution in [0.2, 0.25) is 0 Å². The quantitative estimate of drug-likeness (QED) is 0.788. The standard InChI is InChI=1S/C14H29N3O3S/c1-14(2)10-12(7-9-20-14)16-21(18,19)17-8-5-4-6-13(17)11-15-3/h12-13,15-16H,4-11H2,1-3H3. The molecule has 2 fully saturated rings. The van der Waals surface area contributed by atoms with Gasteiger partial charge < -0.3 is 10.1 Å². The minimum absolute atomic E-state index is 0.0316. The zero-order chi connectivity index (χ0) is 15.5. The van der Waals surface area contributed by atoms with Gasteiger partial charge in [0.25, 0.3) is 10.2 Å². The highest BCUT2D eigenvalue weighted by atomic mass is 32.2. The van der Waals surface area contributed by atoms with Gasteiger partial charge in [-0.2, -0.15) is 17.4 Å². The highest BCUT2D eigenvalue weighted by Crippen LogP contribution is 2.26. The van der Waals surface area contributed by atoms with E-state index in [4.69, 9.17) is 4.74 Å². The molecular formula is C14H29N3O3S. The molecule has 0 spiro atoms. The van der Waals surface area contributed by atoms with Crippen molar-refractivity contribution in [1.82, 2.24) is 14.3 Å². The van der Waals surface area contributed by atoms with Crippen molar-refractivity contribution in [2.45, 2.75) is 63.6 Å². The van der Waals surface area contributed by atoms with Gasteiger partial charge in [0, 0.05) is 31.8 Å². The molecule has 0 aromatic rings. The van der Waals surface area contributed by atoms with E-state index in [9.17, 15) is 8.42 Å². The monoisotopic (exact) mass is 319 g/mol. The molecule has 7 heteroatoms. The molecule has 2 rings (SSSR count). The second-order valence-electron chi connectivity index (χ2n) is 6.74. The molecule has 2 unspecified atom stereocenters. The Balaban J connectivity index is 2.02. The number of hydrogen-bond acceptors (Lipinski definition) is 4. The highest BCUT2D eigenvalue weighted by molar-refractivity contribution is 7.87. The minimum atomic E-state index is -3.42. The van der Waals surface area contributed by atoms with Crippen molar-refractivity contribution in [2.75, 3.05) is 26.7 Å². The largest absolute Gasteiger partial charge is 0.375 e. The summed E-state index contributed by atoms with van der Waals surface area (Å²) in [5.74, 6) is 0. The molecule has 2 atom stereocenters. The van der Waals surface area contributed by atoms with Crippen molar-refractivity contribution in [3.8, 4) is 0 Å². The smallest absolute Gasteiger partial charge is 0.279 e. The molecule has 0 aromatic heterocycles. The predicted octanol–water partition coefficient (Wildman–Crippen LogP) is 0.852. The van der Waals surface area contributed by atoms with Gasteiger partial charge in [-0.25, -0.2) is 0 Å². The van der Waals surface area contributed by atoms with Gasteiger partial charge in [0.1, 0.15) is 0 Å². The van der Waals surface area contributed by atoms with Gasteiger partial charge in [-0.3, -0.25) is 0 Å². The van der Waals surface area contributed by atoms with E-state index < -0.39 is 10.2 Å².